The maximum Gasteiger partial charge on any atom is 0.271 e. The molecular formula is C16H16N4O3. The normalized spacial score (nSPS) is 15.0. The molecule has 0 radical (unpaired) electrons. The highest BCUT2D eigenvalue weighted by molar-refractivity contribution is 5.53. The van der Waals surface area contributed by atoms with Gasteiger partial charge in [-0.2, -0.15) is 10.2 Å². The van der Waals surface area contributed by atoms with Crippen molar-refractivity contribution in [2.75, 3.05) is 31.2 Å². The summed E-state index contributed by atoms with van der Waals surface area (Å²) >= 11 is 0. The van der Waals surface area contributed by atoms with Gasteiger partial charge < -0.3 is 9.64 Å². The number of hydrogen-bond acceptors (Lipinski definition) is 6. The molecule has 0 aromatic heterocycles. The third kappa shape index (κ3) is 3.89. The first-order valence-corrected chi connectivity index (χ1v) is 7.31. The fourth-order valence-corrected chi connectivity index (χ4v) is 2.34. The summed E-state index contributed by atoms with van der Waals surface area (Å²) in [6.07, 6.45) is 0. The Balaban J connectivity index is 1.70. The van der Waals surface area contributed by atoms with Crippen LogP contribution < -0.4 is 4.90 Å². The Morgan fingerprint density at radius 2 is 1.70 bits per heavy atom. The first-order chi connectivity index (χ1) is 11.2. The average molecular weight is 312 g/mol. The minimum Gasteiger partial charge on any atom is -0.378 e. The van der Waals surface area contributed by atoms with Gasteiger partial charge in [0.15, 0.2) is 0 Å². The minimum absolute atomic E-state index is 0.00381. The lowest BCUT2D eigenvalue weighted by Gasteiger charge is -2.28. The summed E-state index contributed by atoms with van der Waals surface area (Å²) in [6, 6.07) is 13.8. The largest absolute Gasteiger partial charge is 0.378 e. The van der Waals surface area contributed by atoms with Gasteiger partial charge in [0.25, 0.3) is 5.69 Å². The minimum atomic E-state index is -0.448. The van der Waals surface area contributed by atoms with Crippen molar-refractivity contribution >= 4 is 22.7 Å². The highest BCUT2D eigenvalue weighted by Crippen LogP contribution is 2.24. The molecule has 2 aromatic rings. The van der Waals surface area contributed by atoms with E-state index in [0.29, 0.717) is 11.4 Å². The Hall–Kier alpha value is -2.80. The van der Waals surface area contributed by atoms with Crippen LogP contribution >= 0.6 is 0 Å². The van der Waals surface area contributed by atoms with Gasteiger partial charge in [0.05, 0.1) is 29.5 Å². The number of morpholine rings is 1. The van der Waals surface area contributed by atoms with E-state index in [2.05, 4.69) is 15.1 Å². The van der Waals surface area contributed by atoms with Crippen molar-refractivity contribution in [3.8, 4) is 0 Å². The molecule has 0 unspecified atom stereocenters. The lowest BCUT2D eigenvalue weighted by molar-refractivity contribution is -0.384. The molecule has 0 bridgehead atoms. The van der Waals surface area contributed by atoms with Crippen LogP contribution in [0.3, 0.4) is 0 Å². The van der Waals surface area contributed by atoms with E-state index in [4.69, 9.17) is 4.74 Å². The molecule has 1 saturated heterocycles. The van der Waals surface area contributed by atoms with E-state index in [-0.39, 0.29) is 5.69 Å². The number of nitrogens with zero attached hydrogens (tertiary/aromatic N) is 4. The molecular weight excluding hydrogens is 296 g/mol. The third-order valence-electron chi connectivity index (χ3n) is 3.55. The van der Waals surface area contributed by atoms with Gasteiger partial charge in [-0.3, -0.25) is 10.1 Å². The molecule has 7 heteroatoms. The molecule has 0 saturated carbocycles. The summed E-state index contributed by atoms with van der Waals surface area (Å²) in [5, 5.41) is 18.9. The maximum atomic E-state index is 10.7. The predicted octanol–water partition coefficient (Wildman–Crippen LogP) is 3.85. The molecule has 0 amide bonds. The monoisotopic (exact) mass is 312 g/mol. The molecule has 0 spiro atoms. The number of benzene rings is 2. The average Bonchev–Trinajstić information content (AvgIpc) is 2.61. The van der Waals surface area contributed by atoms with Gasteiger partial charge in [-0.15, -0.1) is 0 Å². The molecule has 1 aliphatic rings. The van der Waals surface area contributed by atoms with Crippen LogP contribution in [0.15, 0.2) is 58.8 Å². The van der Waals surface area contributed by atoms with Gasteiger partial charge in [-0.1, -0.05) is 6.07 Å². The van der Waals surface area contributed by atoms with E-state index in [1.807, 2.05) is 24.3 Å². The standard InChI is InChI=1S/C16H16N4O3/c21-20(22)16-3-1-2-14(12-16)18-17-13-4-6-15(7-5-13)19-8-10-23-11-9-19/h1-7,12H,8-11H2. The number of nitro groups is 1. The van der Waals surface area contributed by atoms with Crippen LogP contribution in [0.1, 0.15) is 0 Å². The molecule has 1 aliphatic heterocycles. The van der Waals surface area contributed by atoms with Crippen LogP contribution in [-0.4, -0.2) is 31.2 Å². The first-order valence-electron chi connectivity index (χ1n) is 7.31. The fraction of sp³-hybridized carbons (Fsp3) is 0.250. The Morgan fingerprint density at radius 3 is 2.39 bits per heavy atom. The van der Waals surface area contributed by atoms with E-state index in [9.17, 15) is 10.1 Å². The van der Waals surface area contributed by atoms with Gasteiger partial charge in [-0.25, -0.2) is 0 Å². The van der Waals surface area contributed by atoms with Gasteiger partial charge in [-0.05, 0) is 30.3 Å². The van der Waals surface area contributed by atoms with E-state index < -0.39 is 4.92 Å². The summed E-state index contributed by atoms with van der Waals surface area (Å²) in [7, 11) is 0. The first kappa shape index (κ1) is 15.1. The van der Waals surface area contributed by atoms with E-state index in [0.717, 1.165) is 32.0 Å². The van der Waals surface area contributed by atoms with Crippen LogP contribution in [0.25, 0.3) is 0 Å². The second-order valence-electron chi connectivity index (χ2n) is 5.09. The molecule has 0 aliphatic carbocycles. The molecule has 1 heterocycles. The number of nitro benzene ring substituents is 1. The molecule has 2 aromatic carbocycles. The molecule has 23 heavy (non-hydrogen) atoms. The van der Waals surface area contributed by atoms with Crippen molar-refractivity contribution in [1.82, 2.24) is 0 Å². The van der Waals surface area contributed by atoms with Crippen molar-refractivity contribution in [3.05, 3.63) is 58.6 Å². The summed E-state index contributed by atoms with van der Waals surface area (Å²) in [4.78, 5) is 12.5. The quantitative estimate of drug-likeness (QED) is 0.488. The van der Waals surface area contributed by atoms with Crippen molar-refractivity contribution < 1.29 is 9.66 Å². The van der Waals surface area contributed by atoms with Crippen molar-refractivity contribution in [3.63, 3.8) is 0 Å². The molecule has 1 fully saturated rings. The summed E-state index contributed by atoms with van der Waals surface area (Å²) in [5.74, 6) is 0. The van der Waals surface area contributed by atoms with Crippen molar-refractivity contribution in [2.45, 2.75) is 0 Å². The number of non-ortho nitro benzene ring substituents is 1. The van der Waals surface area contributed by atoms with Crippen LogP contribution in [0.2, 0.25) is 0 Å². The second kappa shape index (κ2) is 6.97. The summed E-state index contributed by atoms with van der Waals surface area (Å²) < 4.78 is 5.34. The smallest absolute Gasteiger partial charge is 0.271 e. The molecule has 118 valence electrons. The van der Waals surface area contributed by atoms with Crippen molar-refractivity contribution in [1.29, 1.82) is 0 Å². The number of azo groups is 1. The van der Waals surface area contributed by atoms with Crippen molar-refractivity contribution in [2.24, 2.45) is 10.2 Å². The molecule has 7 nitrogen and oxygen atoms in total. The van der Waals surface area contributed by atoms with Gasteiger partial charge >= 0.3 is 0 Å². The van der Waals surface area contributed by atoms with Crippen LogP contribution in [0.5, 0.6) is 0 Å². The Morgan fingerprint density at radius 1 is 1.00 bits per heavy atom. The van der Waals surface area contributed by atoms with Gasteiger partial charge in [0.1, 0.15) is 0 Å². The fourth-order valence-electron chi connectivity index (χ4n) is 2.34. The van der Waals surface area contributed by atoms with E-state index >= 15 is 0 Å². The SMILES string of the molecule is O=[N+]([O-])c1cccc(N=Nc2ccc(N3CCOCC3)cc2)c1. The number of anilines is 1. The van der Waals surface area contributed by atoms with Crippen LogP contribution in [0, 0.1) is 10.1 Å². The topological polar surface area (TPSA) is 80.3 Å². The Labute approximate surface area is 133 Å². The molecule has 3 rings (SSSR count). The third-order valence-corrected chi connectivity index (χ3v) is 3.55. The maximum absolute atomic E-state index is 10.7. The van der Waals surface area contributed by atoms with Crippen LogP contribution in [0.4, 0.5) is 22.7 Å². The lowest BCUT2D eigenvalue weighted by atomic mass is 10.2. The highest BCUT2D eigenvalue weighted by atomic mass is 16.6. The number of rotatable bonds is 4. The predicted molar refractivity (Wildman–Crippen MR) is 86.7 cm³/mol. The molecule has 0 N–H and O–H groups in total. The number of ether oxygens (including phenoxy) is 1. The van der Waals surface area contributed by atoms with Gasteiger partial charge in [0, 0.05) is 30.9 Å². The van der Waals surface area contributed by atoms with Crippen LogP contribution in [-0.2, 0) is 4.74 Å². The second-order valence-corrected chi connectivity index (χ2v) is 5.09. The van der Waals surface area contributed by atoms with Gasteiger partial charge in [0.2, 0.25) is 0 Å². The highest BCUT2D eigenvalue weighted by Gasteiger charge is 2.10. The molecule has 0 atom stereocenters. The van der Waals surface area contributed by atoms with E-state index in [1.165, 1.54) is 12.1 Å². The zero-order valence-corrected chi connectivity index (χ0v) is 12.5. The number of hydrogen-bond donors (Lipinski definition) is 0. The Bertz CT molecular complexity index is 710. The summed E-state index contributed by atoms with van der Waals surface area (Å²) in [6.45, 7) is 3.26. The zero-order chi connectivity index (χ0) is 16.1. The summed E-state index contributed by atoms with van der Waals surface area (Å²) in [5.41, 5.74) is 2.29. The Kier molecular flexibility index (Phi) is 4.58. The van der Waals surface area contributed by atoms with E-state index in [1.54, 1.807) is 12.1 Å². The zero-order valence-electron chi connectivity index (χ0n) is 12.5. The lowest BCUT2D eigenvalue weighted by Crippen LogP contribution is -2.36.